The van der Waals surface area contributed by atoms with E-state index >= 15 is 0 Å². The van der Waals surface area contributed by atoms with Crippen LogP contribution in [0.3, 0.4) is 0 Å². The molecule has 0 aliphatic heterocycles. The van der Waals surface area contributed by atoms with Gasteiger partial charge in [0, 0.05) is 30.1 Å². The van der Waals surface area contributed by atoms with Gasteiger partial charge in [-0.15, -0.1) is 10.2 Å². The number of aromatic nitrogens is 5. The SMILES string of the molecule is COc1ccccc1C1(NC(=O)c2cccc(NCc3nnc(-c4ccncn4)n3C)c2)CC1. The van der Waals surface area contributed by atoms with Crippen LogP contribution in [0.1, 0.15) is 34.6 Å². The van der Waals surface area contributed by atoms with Gasteiger partial charge in [-0.2, -0.15) is 0 Å². The van der Waals surface area contributed by atoms with Crippen LogP contribution in [-0.4, -0.2) is 37.7 Å². The van der Waals surface area contributed by atoms with Gasteiger partial charge in [0.05, 0.1) is 19.2 Å². The molecule has 0 unspecified atom stereocenters. The molecule has 0 atom stereocenters. The maximum Gasteiger partial charge on any atom is 0.252 e. The molecule has 172 valence electrons. The summed E-state index contributed by atoms with van der Waals surface area (Å²) in [4.78, 5) is 21.3. The normalized spacial score (nSPS) is 13.8. The summed E-state index contributed by atoms with van der Waals surface area (Å²) in [5, 5.41) is 15.1. The lowest BCUT2D eigenvalue weighted by molar-refractivity contribution is 0.0930. The first-order chi connectivity index (χ1) is 16.6. The van der Waals surface area contributed by atoms with E-state index in [0.29, 0.717) is 23.6 Å². The predicted molar refractivity (Wildman–Crippen MR) is 127 cm³/mol. The van der Waals surface area contributed by atoms with Crippen LogP contribution in [0.5, 0.6) is 5.75 Å². The van der Waals surface area contributed by atoms with Crippen molar-refractivity contribution in [1.82, 2.24) is 30.0 Å². The summed E-state index contributed by atoms with van der Waals surface area (Å²) < 4.78 is 7.40. The largest absolute Gasteiger partial charge is 0.496 e. The van der Waals surface area contributed by atoms with Gasteiger partial charge < -0.3 is 19.9 Å². The average Bonchev–Trinajstić information content (AvgIpc) is 3.57. The number of amides is 1. The van der Waals surface area contributed by atoms with Gasteiger partial charge in [-0.3, -0.25) is 4.79 Å². The number of rotatable bonds is 8. The monoisotopic (exact) mass is 455 g/mol. The van der Waals surface area contributed by atoms with E-state index in [1.807, 2.05) is 60.1 Å². The summed E-state index contributed by atoms with van der Waals surface area (Å²) in [6.07, 6.45) is 4.93. The van der Waals surface area contributed by atoms with E-state index in [-0.39, 0.29) is 11.4 Å². The highest BCUT2D eigenvalue weighted by Gasteiger charge is 2.47. The van der Waals surface area contributed by atoms with Gasteiger partial charge in [-0.1, -0.05) is 24.3 Å². The quantitative estimate of drug-likeness (QED) is 0.420. The number of benzene rings is 2. The maximum absolute atomic E-state index is 13.1. The highest BCUT2D eigenvalue weighted by molar-refractivity contribution is 5.96. The van der Waals surface area contributed by atoms with E-state index in [1.165, 1.54) is 6.33 Å². The third kappa shape index (κ3) is 4.19. The van der Waals surface area contributed by atoms with Crippen molar-refractivity contribution in [2.75, 3.05) is 12.4 Å². The second kappa shape index (κ2) is 8.93. The Hall–Kier alpha value is -4.27. The van der Waals surface area contributed by atoms with Crippen LogP contribution in [0.4, 0.5) is 5.69 Å². The number of carbonyl (C=O) groups is 1. The molecule has 0 radical (unpaired) electrons. The van der Waals surface area contributed by atoms with Crippen molar-refractivity contribution in [2.45, 2.75) is 24.9 Å². The minimum absolute atomic E-state index is 0.114. The molecule has 2 aromatic carbocycles. The molecular weight excluding hydrogens is 430 g/mol. The minimum atomic E-state index is -0.372. The predicted octanol–water partition coefficient (Wildman–Crippen LogP) is 3.31. The Bertz CT molecular complexity index is 1320. The third-order valence-electron chi connectivity index (χ3n) is 6.08. The number of hydrogen-bond acceptors (Lipinski definition) is 7. The van der Waals surface area contributed by atoms with E-state index in [4.69, 9.17) is 4.74 Å². The van der Waals surface area contributed by atoms with Crippen LogP contribution >= 0.6 is 0 Å². The van der Waals surface area contributed by atoms with Crippen molar-refractivity contribution in [2.24, 2.45) is 7.05 Å². The first-order valence-electron chi connectivity index (χ1n) is 11.0. The third-order valence-corrected chi connectivity index (χ3v) is 6.08. The van der Waals surface area contributed by atoms with Crippen molar-refractivity contribution in [3.8, 4) is 17.3 Å². The first-order valence-corrected chi connectivity index (χ1v) is 11.0. The molecule has 9 heteroatoms. The minimum Gasteiger partial charge on any atom is -0.496 e. The molecule has 1 amide bonds. The van der Waals surface area contributed by atoms with Crippen molar-refractivity contribution in [3.63, 3.8) is 0 Å². The molecule has 34 heavy (non-hydrogen) atoms. The summed E-state index contributed by atoms with van der Waals surface area (Å²) >= 11 is 0. The van der Waals surface area contributed by atoms with Gasteiger partial charge in [0.2, 0.25) is 0 Å². The van der Waals surface area contributed by atoms with E-state index in [0.717, 1.165) is 35.7 Å². The highest BCUT2D eigenvalue weighted by atomic mass is 16.5. The molecule has 0 saturated heterocycles. The lowest BCUT2D eigenvalue weighted by atomic mass is 10.0. The summed E-state index contributed by atoms with van der Waals surface area (Å²) in [5.74, 6) is 2.09. The highest BCUT2D eigenvalue weighted by Crippen LogP contribution is 2.49. The molecule has 5 rings (SSSR count). The van der Waals surface area contributed by atoms with Crippen molar-refractivity contribution < 1.29 is 9.53 Å². The lowest BCUT2D eigenvalue weighted by Crippen LogP contribution is -2.35. The fourth-order valence-electron chi connectivity index (χ4n) is 4.03. The summed E-state index contributed by atoms with van der Waals surface area (Å²) in [5.41, 5.74) is 2.76. The number of methoxy groups -OCH3 is 1. The molecule has 1 saturated carbocycles. The molecule has 2 heterocycles. The maximum atomic E-state index is 13.1. The van der Waals surface area contributed by atoms with Gasteiger partial charge in [0.1, 0.15) is 17.8 Å². The molecular formula is C25H25N7O2. The number of nitrogens with zero attached hydrogens (tertiary/aromatic N) is 5. The average molecular weight is 456 g/mol. The zero-order valence-electron chi connectivity index (χ0n) is 19.0. The standard InChI is InChI=1S/C25H25N7O2/c1-32-22(30-31-23(32)20-10-13-26-16-28-20)15-27-18-7-5-6-17(14-18)24(33)29-25(11-12-25)19-8-3-4-9-21(19)34-2/h3-10,13-14,16,27H,11-12,15H2,1-2H3,(H,29,33). The van der Waals surface area contributed by atoms with E-state index < -0.39 is 0 Å². The Morgan fingerprint density at radius 3 is 2.74 bits per heavy atom. The van der Waals surface area contributed by atoms with Crippen LogP contribution in [-0.2, 0) is 19.1 Å². The molecule has 1 aliphatic rings. The number of anilines is 1. The fraction of sp³-hybridized carbons (Fsp3) is 0.240. The van der Waals surface area contributed by atoms with E-state index in [9.17, 15) is 4.79 Å². The zero-order chi connectivity index (χ0) is 23.5. The molecule has 4 aromatic rings. The lowest BCUT2D eigenvalue weighted by Gasteiger charge is -2.20. The van der Waals surface area contributed by atoms with Crippen LogP contribution in [0.25, 0.3) is 11.5 Å². The number of ether oxygens (including phenoxy) is 1. The number of nitrogens with one attached hydrogen (secondary N) is 2. The van der Waals surface area contributed by atoms with E-state index in [2.05, 4.69) is 30.8 Å². The van der Waals surface area contributed by atoms with Gasteiger partial charge in [-0.05, 0) is 43.2 Å². The first kappa shape index (κ1) is 21.6. The summed E-state index contributed by atoms with van der Waals surface area (Å²) in [6, 6.07) is 17.1. The Morgan fingerprint density at radius 1 is 1.12 bits per heavy atom. The van der Waals surface area contributed by atoms with Crippen molar-refractivity contribution in [3.05, 3.63) is 84.1 Å². The Labute approximate surface area is 197 Å². The molecule has 2 N–H and O–H groups in total. The Kier molecular flexibility index (Phi) is 5.67. The van der Waals surface area contributed by atoms with Crippen LogP contribution in [0.2, 0.25) is 0 Å². The topological polar surface area (TPSA) is 107 Å². The molecule has 0 bridgehead atoms. The number of hydrogen-bond donors (Lipinski definition) is 2. The fourth-order valence-corrected chi connectivity index (χ4v) is 4.03. The molecule has 1 fully saturated rings. The molecule has 0 spiro atoms. The molecule has 2 aromatic heterocycles. The van der Waals surface area contributed by atoms with Gasteiger partial charge in [0.15, 0.2) is 11.6 Å². The van der Waals surface area contributed by atoms with E-state index in [1.54, 1.807) is 19.4 Å². The summed E-state index contributed by atoms with van der Waals surface area (Å²) in [7, 11) is 3.55. The Balaban J connectivity index is 1.27. The van der Waals surface area contributed by atoms with Crippen molar-refractivity contribution in [1.29, 1.82) is 0 Å². The smallest absolute Gasteiger partial charge is 0.252 e. The van der Waals surface area contributed by atoms with Crippen LogP contribution in [0.15, 0.2) is 67.1 Å². The number of carbonyl (C=O) groups excluding carboxylic acids is 1. The van der Waals surface area contributed by atoms with Gasteiger partial charge in [-0.25, -0.2) is 9.97 Å². The summed E-state index contributed by atoms with van der Waals surface area (Å²) in [6.45, 7) is 0.449. The Morgan fingerprint density at radius 2 is 1.97 bits per heavy atom. The zero-order valence-corrected chi connectivity index (χ0v) is 19.0. The van der Waals surface area contributed by atoms with Crippen molar-refractivity contribution >= 4 is 11.6 Å². The second-order valence-electron chi connectivity index (χ2n) is 8.26. The van der Waals surface area contributed by atoms with Gasteiger partial charge in [0.25, 0.3) is 5.91 Å². The van der Waals surface area contributed by atoms with Crippen LogP contribution < -0.4 is 15.4 Å². The molecule has 1 aliphatic carbocycles. The molecule has 9 nitrogen and oxygen atoms in total. The van der Waals surface area contributed by atoms with Gasteiger partial charge >= 0.3 is 0 Å². The van der Waals surface area contributed by atoms with Crippen LogP contribution in [0, 0.1) is 0 Å². The second-order valence-corrected chi connectivity index (χ2v) is 8.26. The number of para-hydroxylation sites is 1.